The predicted octanol–water partition coefficient (Wildman–Crippen LogP) is 15.1. The Hall–Kier alpha value is 2.85. The molecule has 64 heavy (non-hydrogen) atoms. The Kier molecular flexibility index (Phi) is 24.9. The summed E-state index contributed by atoms with van der Waals surface area (Å²) in [5.41, 5.74) is 0. The Bertz CT molecular complexity index is 1430. The van der Waals surface area contributed by atoms with Crippen LogP contribution in [0.15, 0.2) is 0 Å². The van der Waals surface area contributed by atoms with Gasteiger partial charge in [-0.15, -0.1) is 0 Å². The molecule has 0 saturated heterocycles. The fourth-order valence-corrected chi connectivity index (χ4v) is 87.9. The van der Waals surface area contributed by atoms with Gasteiger partial charge in [-0.05, 0) is 251 Å². The van der Waals surface area contributed by atoms with Crippen LogP contribution in [0.2, 0.25) is 251 Å². The summed E-state index contributed by atoms with van der Waals surface area (Å²) in [6.45, 7) is 71.7. The molecular weight excluding hydrogens is 1050 g/mol. The van der Waals surface area contributed by atoms with Crippen molar-refractivity contribution in [3.63, 3.8) is 0 Å². The second-order valence-electron chi connectivity index (χ2n) is 27.3. The van der Waals surface area contributed by atoms with Gasteiger partial charge in [-0.1, -0.05) is 0 Å². The van der Waals surface area contributed by atoms with Crippen molar-refractivity contribution in [1.29, 1.82) is 0 Å². The van der Waals surface area contributed by atoms with Gasteiger partial charge >= 0.3 is 42.8 Å². The zero-order valence-corrected chi connectivity index (χ0v) is 63.5. The molecule has 0 rings (SSSR count). The Balaban J connectivity index is 5.35. The smallest absolute Gasteiger partial charge is 0.311 e. The third kappa shape index (κ3) is 32.8. The second kappa shape index (κ2) is 23.8. The minimum atomic E-state index is -2.39. The first-order valence-corrected chi connectivity index (χ1v) is 69.8. The van der Waals surface area contributed by atoms with E-state index in [1.165, 1.54) is 0 Å². The van der Waals surface area contributed by atoms with Crippen molar-refractivity contribution in [2.75, 3.05) is 0 Å². The lowest BCUT2D eigenvalue weighted by atomic mass is 10.9. The Morgan fingerprint density at radius 1 is 0.219 bits per heavy atom. The van der Waals surface area contributed by atoms with Crippen molar-refractivity contribution in [2.24, 2.45) is 0 Å². The van der Waals surface area contributed by atoms with E-state index in [2.05, 4.69) is 203 Å². The molecule has 0 amide bonds. The first-order chi connectivity index (χ1) is 27.6. The molecule has 0 aromatic carbocycles. The molecule has 0 aliphatic carbocycles. The molecule has 25 heteroatoms. The average Bonchev–Trinajstić information content (AvgIpc) is 2.91. The average molecular weight is 1160 g/mol. The maximum Gasteiger partial charge on any atom is 0.311 e. The quantitative estimate of drug-likeness (QED) is 0.0607. The van der Waals surface area contributed by atoms with Gasteiger partial charge in [0, 0.05) is 0 Å². The molecular formula is C39H110O10Si15. The lowest BCUT2D eigenvalue weighted by molar-refractivity contribution is 0.378. The lowest BCUT2D eigenvalue weighted by Gasteiger charge is -2.42. The van der Waals surface area contributed by atoms with E-state index < -0.39 is 127 Å². The van der Waals surface area contributed by atoms with Crippen LogP contribution in [0.3, 0.4) is 0 Å². The monoisotopic (exact) mass is 1160 g/mol. The topological polar surface area (TPSA) is 92.3 Å². The van der Waals surface area contributed by atoms with E-state index in [4.69, 9.17) is 41.2 Å². The van der Waals surface area contributed by atoms with Gasteiger partial charge in [-0.3, -0.25) is 0 Å². The summed E-state index contributed by atoms with van der Waals surface area (Å²) in [6, 6.07) is 8.67. The molecule has 0 unspecified atom stereocenters. The normalized spacial score (nSPS) is 15.8. The number of rotatable bonds is 32. The van der Waals surface area contributed by atoms with Crippen molar-refractivity contribution in [3.05, 3.63) is 0 Å². The SMILES string of the molecule is C[SiH](C)O[Si](C)(C)O[Si](C)(C)CC[Si](C)(C)O[Si](C)(C)O[Si](C)(C)CC[Si](C)(C)O[Si](C)(C)O[Si](C)(C)CC[Si](C)(C)O[Si](C)(C)O[Si](C)(C)CC[Si](C)(C)O[Si](C)(C)O[Si](C)(C)C. The Labute approximate surface area is 416 Å². The van der Waals surface area contributed by atoms with E-state index in [-0.39, 0.29) is 0 Å². The van der Waals surface area contributed by atoms with Gasteiger partial charge in [0.25, 0.3) is 0 Å². The molecule has 0 saturated carbocycles. The molecule has 0 spiro atoms. The number of hydrogen-bond acceptors (Lipinski definition) is 10. The van der Waals surface area contributed by atoms with Crippen molar-refractivity contribution in [2.45, 2.75) is 251 Å². The zero-order valence-electron chi connectivity index (χ0n) is 48.3. The van der Waals surface area contributed by atoms with E-state index >= 15 is 0 Å². The lowest BCUT2D eigenvalue weighted by Crippen LogP contribution is -2.55. The van der Waals surface area contributed by atoms with Crippen LogP contribution in [0.5, 0.6) is 0 Å². The van der Waals surface area contributed by atoms with E-state index in [0.717, 1.165) is 48.4 Å². The van der Waals surface area contributed by atoms with Gasteiger partial charge in [0.15, 0.2) is 83.9 Å². The summed E-state index contributed by atoms with van der Waals surface area (Å²) in [5.74, 6) is 0. The van der Waals surface area contributed by atoms with Gasteiger partial charge in [0.1, 0.15) is 0 Å². The third-order valence-corrected chi connectivity index (χ3v) is 66.2. The van der Waals surface area contributed by atoms with Crippen molar-refractivity contribution in [1.82, 2.24) is 0 Å². The minimum absolute atomic E-state index is 1.07. The van der Waals surface area contributed by atoms with Crippen LogP contribution in [0.4, 0.5) is 0 Å². The standard InChI is InChI=1S/C39H110O10Si15/c1-50(2)40-60(22,23)42-52(6,7)32-33-54(10,11)44-62(26,27)46-56(14,15)36-37-58(18,19)48-64(30,31)49-59(20,21)39-38-57(16,17)47-63(28,29)45-55(12,13)35-34-53(8,9)43-61(24,25)41-51(3,4)5/h50H,32-39H2,1-31H3. The van der Waals surface area contributed by atoms with Crippen molar-refractivity contribution in [3.8, 4) is 0 Å². The molecule has 0 aliphatic heterocycles. The van der Waals surface area contributed by atoms with Crippen LogP contribution in [0, 0.1) is 0 Å². The van der Waals surface area contributed by atoms with Crippen LogP contribution >= 0.6 is 0 Å². The summed E-state index contributed by atoms with van der Waals surface area (Å²) in [7, 11) is -30.0. The van der Waals surface area contributed by atoms with E-state index in [1.807, 2.05) is 0 Å². The maximum absolute atomic E-state index is 7.14. The second-order valence-corrected chi connectivity index (χ2v) is 88.0. The molecule has 0 aromatic rings. The molecule has 0 atom stereocenters. The molecule has 0 aromatic heterocycles. The summed E-state index contributed by atoms with van der Waals surface area (Å²) in [6.07, 6.45) is 0. The molecule has 0 aliphatic rings. The van der Waals surface area contributed by atoms with Crippen molar-refractivity contribution < 1.29 is 41.2 Å². The molecule has 0 fully saturated rings. The van der Waals surface area contributed by atoms with Crippen LogP contribution < -0.4 is 0 Å². The van der Waals surface area contributed by atoms with Crippen molar-refractivity contribution >= 4 is 127 Å². The van der Waals surface area contributed by atoms with Gasteiger partial charge < -0.3 is 41.2 Å². The highest BCUT2D eigenvalue weighted by Crippen LogP contribution is 2.35. The first-order valence-electron chi connectivity index (χ1n) is 24.6. The van der Waals surface area contributed by atoms with Gasteiger partial charge in [0.05, 0.1) is 0 Å². The molecule has 0 N–H and O–H groups in total. The van der Waals surface area contributed by atoms with Gasteiger partial charge in [0.2, 0.25) is 0 Å². The van der Waals surface area contributed by atoms with Gasteiger partial charge in [-0.25, -0.2) is 0 Å². The third-order valence-electron chi connectivity index (χ3n) is 10.6. The highest BCUT2D eigenvalue weighted by Gasteiger charge is 2.47. The summed E-state index contributed by atoms with van der Waals surface area (Å²) in [4.78, 5) is 0. The number of hydrogen-bond donors (Lipinski definition) is 0. The minimum Gasteiger partial charge on any atom is -0.440 e. The zero-order chi connectivity index (χ0) is 51.3. The highest BCUT2D eigenvalue weighted by atomic mass is 28.5. The van der Waals surface area contributed by atoms with Crippen LogP contribution in [0.1, 0.15) is 0 Å². The van der Waals surface area contributed by atoms with E-state index in [9.17, 15) is 0 Å². The Morgan fingerprint density at radius 3 is 0.500 bits per heavy atom. The van der Waals surface area contributed by atoms with Crippen LogP contribution in [0.25, 0.3) is 0 Å². The summed E-state index contributed by atoms with van der Waals surface area (Å²) < 4.78 is 69.1. The molecule has 0 heterocycles. The highest BCUT2D eigenvalue weighted by molar-refractivity contribution is 6.93. The largest absolute Gasteiger partial charge is 0.440 e. The maximum atomic E-state index is 7.14. The van der Waals surface area contributed by atoms with Crippen LogP contribution in [-0.2, 0) is 41.2 Å². The molecule has 0 radical (unpaired) electrons. The molecule has 386 valence electrons. The fourth-order valence-electron chi connectivity index (χ4n) is 9.55. The molecule has 10 nitrogen and oxygen atoms in total. The fraction of sp³-hybridized carbons (Fsp3) is 1.00. The summed E-state index contributed by atoms with van der Waals surface area (Å²) >= 11 is 0. The Morgan fingerprint density at radius 2 is 0.359 bits per heavy atom. The van der Waals surface area contributed by atoms with E-state index in [0.29, 0.717) is 0 Å². The summed E-state index contributed by atoms with van der Waals surface area (Å²) in [5, 5.41) is 0. The molecule has 0 bridgehead atoms. The van der Waals surface area contributed by atoms with Gasteiger partial charge in [-0.2, -0.15) is 0 Å². The van der Waals surface area contributed by atoms with E-state index in [1.54, 1.807) is 0 Å². The van der Waals surface area contributed by atoms with Crippen LogP contribution in [-0.4, -0.2) is 127 Å². The first kappa shape index (κ1) is 66.9. The predicted molar refractivity (Wildman–Crippen MR) is 319 cm³/mol.